The first kappa shape index (κ1) is 26.8. The van der Waals surface area contributed by atoms with Gasteiger partial charge in [-0.25, -0.2) is 8.42 Å². The van der Waals surface area contributed by atoms with Crippen LogP contribution >= 0.6 is 34.8 Å². The molecule has 0 spiro atoms. The third kappa shape index (κ3) is 6.89. The molecule has 2 amide bonds. The molecule has 184 valence electrons. The van der Waals surface area contributed by atoms with E-state index >= 15 is 0 Å². The molecule has 0 aliphatic rings. The number of carbonyl (C=O) groups is 2. The van der Waals surface area contributed by atoms with Gasteiger partial charge in [0.1, 0.15) is 6.54 Å². The number of rotatable bonds is 8. The molecule has 0 fully saturated rings. The highest BCUT2D eigenvalue weighted by Crippen LogP contribution is 2.35. The lowest BCUT2D eigenvalue weighted by Gasteiger charge is -2.23. The largest absolute Gasteiger partial charge is 0.345 e. The average Bonchev–Trinajstić information content (AvgIpc) is 2.80. The molecular weight excluding hydrogens is 533 g/mol. The zero-order valence-corrected chi connectivity index (χ0v) is 21.8. The Bertz CT molecular complexity index is 1350. The molecule has 7 nitrogen and oxygen atoms in total. The molecule has 2 N–H and O–H groups in total. The summed E-state index contributed by atoms with van der Waals surface area (Å²) in [5, 5.41) is 5.74. The van der Waals surface area contributed by atoms with Gasteiger partial charge in [-0.15, -0.1) is 0 Å². The van der Waals surface area contributed by atoms with E-state index in [-0.39, 0.29) is 38.0 Å². The number of hydrogen-bond acceptors (Lipinski definition) is 4. The number of nitrogens with one attached hydrogen (secondary N) is 2. The van der Waals surface area contributed by atoms with Crippen molar-refractivity contribution in [2.75, 3.05) is 22.4 Å². The fraction of sp³-hybridized carbons (Fsp3) is 0.167. The minimum absolute atomic E-state index is 0.00132. The summed E-state index contributed by atoms with van der Waals surface area (Å²) in [5.74, 6) is -1.08. The van der Waals surface area contributed by atoms with E-state index in [2.05, 4.69) is 10.6 Å². The molecule has 0 saturated carbocycles. The number of nitrogens with zero attached hydrogens (tertiary/aromatic N) is 1. The van der Waals surface area contributed by atoms with Crippen LogP contribution in [0, 0.1) is 0 Å². The van der Waals surface area contributed by atoms with Gasteiger partial charge in [-0.3, -0.25) is 13.9 Å². The van der Waals surface area contributed by atoms with Gasteiger partial charge >= 0.3 is 0 Å². The Morgan fingerprint density at radius 3 is 2.17 bits per heavy atom. The van der Waals surface area contributed by atoms with Gasteiger partial charge in [0.25, 0.3) is 5.91 Å². The number of benzene rings is 3. The Labute approximate surface area is 219 Å². The zero-order chi connectivity index (χ0) is 25.8. The zero-order valence-electron chi connectivity index (χ0n) is 18.8. The summed E-state index contributed by atoms with van der Waals surface area (Å²) < 4.78 is 25.7. The highest BCUT2D eigenvalue weighted by Gasteiger charge is 2.25. The topological polar surface area (TPSA) is 95.6 Å². The van der Waals surface area contributed by atoms with Gasteiger partial charge < -0.3 is 10.6 Å². The average molecular weight is 555 g/mol. The van der Waals surface area contributed by atoms with Crippen molar-refractivity contribution in [3.05, 3.63) is 92.9 Å². The van der Waals surface area contributed by atoms with E-state index in [1.54, 1.807) is 24.3 Å². The Kier molecular flexibility index (Phi) is 8.66. The van der Waals surface area contributed by atoms with Crippen molar-refractivity contribution in [1.29, 1.82) is 0 Å². The first-order chi connectivity index (χ1) is 16.5. The van der Waals surface area contributed by atoms with Gasteiger partial charge in [-0.05, 0) is 36.8 Å². The lowest BCUT2D eigenvalue weighted by molar-refractivity contribution is -0.114. The normalized spacial score (nSPS) is 12.0. The fourth-order valence-electron chi connectivity index (χ4n) is 3.29. The van der Waals surface area contributed by atoms with Gasteiger partial charge in [0.05, 0.1) is 44.3 Å². The van der Waals surface area contributed by atoms with Gasteiger partial charge in [-0.1, -0.05) is 77.3 Å². The summed E-state index contributed by atoms with van der Waals surface area (Å²) in [5.41, 5.74) is 1.37. The van der Waals surface area contributed by atoms with Crippen LogP contribution in [0.2, 0.25) is 15.1 Å². The first-order valence-electron chi connectivity index (χ1n) is 10.3. The second-order valence-electron chi connectivity index (χ2n) is 7.69. The summed E-state index contributed by atoms with van der Waals surface area (Å²) in [6.07, 6.45) is 0.936. The molecule has 0 bridgehead atoms. The highest BCUT2D eigenvalue weighted by atomic mass is 35.5. The van der Waals surface area contributed by atoms with Crippen LogP contribution in [0.25, 0.3) is 0 Å². The quantitative estimate of drug-likeness (QED) is 0.357. The molecule has 35 heavy (non-hydrogen) atoms. The molecule has 0 heterocycles. The van der Waals surface area contributed by atoms with Gasteiger partial charge in [0.2, 0.25) is 15.9 Å². The SMILES string of the molecule is C[C@H](NC(=O)c1ccccc1NC(=O)CN(c1cc(Cl)c(Cl)cc1Cl)S(C)(=O)=O)c1ccccc1. The molecule has 0 aliphatic heterocycles. The number of hydrogen-bond donors (Lipinski definition) is 2. The Morgan fingerprint density at radius 2 is 1.51 bits per heavy atom. The maximum absolute atomic E-state index is 12.9. The lowest BCUT2D eigenvalue weighted by Crippen LogP contribution is -2.38. The predicted molar refractivity (Wildman–Crippen MR) is 141 cm³/mol. The molecule has 0 aliphatic carbocycles. The summed E-state index contributed by atoms with van der Waals surface area (Å²) in [4.78, 5) is 25.8. The van der Waals surface area contributed by atoms with Crippen LogP contribution in [0.15, 0.2) is 66.7 Å². The second-order valence-corrected chi connectivity index (χ2v) is 10.8. The van der Waals surface area contributed by atoms with Crippen LogP contribution in [0.1, 0.15) is 28.9 Å². The predicted octanol–water partition coefficient (Wildman–Crippen LogP) is 5.54. The van der Waals surface area contributed by atoms with Gasteiger partial charge in [0.15, 0.2) is 0 Å². The van der Waals surface area contributed by atoms with Crippen molar-refractivity contribution in [3.8, 4) is 0 Å². The molecule has 3 aromatic rings. The maximum atomic E-state index is 12.9. The third-order valence-corrected chi connectivity index (χ3v) is 7.19. The standard InChI is InChI=1S/C24H22Cl3N3O4S/c1-15(16-8-4-3-5-9-16)28-24(32)17-10-6-7-11-21(17)29-23(31)14-30(35(2,33)34)22-13-19(26)18(25)12-20(22)27/h3-13,15H,14H2,1-2H3,(H,28,32)(H,29,31)/t15-/m0/s1. The van der Waals surface area contributed by atoms with Crippen molar-refractivity contribution in [2.24, 2.45) is 0 Å². The molecule has 0 aromatic heterocycles. The highest BCUT2D eigenvalue weighted by molar-refractivity contribution is 7.92. The number of anilines is 2. The number of para-hydroxylation sites is 1. The van der Waals surface area contributed by atoms with Gasteiger partial charge in [0, 0.05) is 0 Å². The summed E-state index contributed by atoms with van der Waals surface area (Å²) in [6, 6.07) is 18.1. The van der Waals surface area contributed by atoms with Crippen molar-refractivity contribution in [3.63, 3.8) is 0 Å². The van der Waals surface area contributed by atoms with Crippen LogP contribution in [-0.2, 0) is 14.8 Å². The van der Waals surface area contributed by atoms with E-state index in [9.17, 15) is 18.0 Å². The Balaban J connectivity index is 1.81. The molecule has 0 saturated heterocycles. The van der Waals surface area contributed by atoms with Crippen molar-refractivity contribution in [2.45, 2.75) is 13.0 Å². The number of halogens is 3. The lowest BCUT2D eigenvalue weighted by atomic mass is 10.1. The molecule has 3 aromatic carbocycles. The van der Waals surface area contributed by atoms with Crippen molar-refractivity contribution in [1.82, 2.24) is 5.32 Å². The van der Waals surface area contributed by atoms with Crippen LogP contribution in [0.4, 0.5) is 11.4 Å². The fourth-order valence-corrected chi connectivity index (χ4v) is 4.85. The summed E-state index contributed by atoms with van der Waals surface area (Å²) in [7, 11) is -3.92. The molecule has 11 heteroatoms. The number of sulfonamides is 1. The molecule has 0 unspecified atom stereocenters. The van der Waals surface area contributed by atoms with Crippen LogP contribution in [0.5, 0.6) is 0 Å². The maximum Gasteiger partial charge on any atom is 0.253 e. The molecule has 1 atom stereocenters. The Hall–Kier alpha value is -2.78. The van der Waals surface area contributed by atoms with E-state index in [1.165, 1.54) is 12.1 Å². The van der Waals surface area contributed by atoms with Crippen molar-refractivity contribution >= 4 is 68.0 Å². The second kappa shape index (κ2) is 11.3. The summed E-state index contributed by atoms with van der Waals surface area (Å²) >= 11 is 18.1. The number of amides is 2. The van der Waals surface area contributed by atoms with E-state index in [0.717, 1.165) is 16.1 Å². The number of carbonyl (C=O) groups excluding carboxylic acids is 2. The van der Waals surface area contributed by atoms with Crippen LogP contribution in [0.3, 0.4) is 0 Å². The molecule has 3 rings (SSSR count). The van der Waals surface area contributed by atoms with E-state index in [1.807, 2.05) is 37.3 Å². The first-order valence-corrected chi connectivity index (χ1v) is 13.3. The van der Waals surface area contributed by atoms with E-state index in [0.29, 0.717) is 0 Å². The molecule has 0 radical (unpaired) electrons. The van der Waals surface area contributed by atoms with E-state index < -0.39 is 28.4 Å². The van der Waals surface area contributed by atoms with Crippen LogP contribution < -0.4 is 14.9 Å². The monoisotopic (exact) mass is 553 g/mol. The minimum atomic E-state index is -3.92. The van der Waals surface area contributed by atoms with E-state index in [4.69, 9.17) is 34.8 Å². The van der Waals surface area contributed by atoms with Crippen LogP contribution in [-0.4, -0.2) is 33.0 Å². The Morgan fingerprint density at radius 1 is 0.914 bits per heavy atom. The molecular formula is C24H22Cl3N3O4S. The smallest absolute Gasteiger partial charge is 0.253 e. The summed E-state index contributed by atoms with van der Waals surface area (Å²) in [6.45, 7) is 1.24. The van der Waals surface area contributed by atoms with Crippen molar-refractivity contribution < 1.29 is 18.0 Å². The minimum Gasteiger partial charge on any atom is -0.345 e. The third-order valence-electron chi connectivity index (χ3n) is 5.04. The van der Waals surface area contributed by atoms with Gasteiger partial charge in [-0.2, -0.15) is 0 Å².